The molecule has 4 aromatic rings. The first kappa shape index (κ1) is 29.4. The van der Waals surface area contributed by atoms with Gasteiger partial charge in [-0.1, -0.05) is 27.7 Å². The van der Waals surface area contributed by atoms with Crippen LogP contribution in [0, 0.1) is 46.4 Å². The minimum atomic E-state index is -0.518. The summed E-state index contributed by atoms with van der Waals surface area (Å²) in [4.78, 5) is 40.6. The summed E-state index contributed by atoms with van der Waals surface area (Å²) in [5.74, 6) is 10.6. The minimum Gasteiger partial charge on any atom is -0.294 e. The zero-order valence-electron chi connectivity index (χ0n) is 23.5. The maximum atomic E-state index is 12.8. The van der Waals surface area contributed by atoms with Crippen molar-refractivity contribution in [1.82, 2.24) is 19.9 Å². The first-order valence-corrected chi connectivity index (χ1v) is 15.0. The Bertz CT molecular complexity index is 1830. The second-order valence-electron chi connectivity index (χ2n) is 11.5. The van der Waals surface area contributed by atoms with Gasteiger partial charge in [-0.05, 0) is 72.6 Å². The van der Waals surface area contributed by atoms with E-state index in [1.54, 1.807) is 24.3 Å². The summed E-state index contributed by atoms with van der Waals surface area (Å²) < 4.78 is 25.6. The van der Waals surface area contributed by atoms with Gasteiger partial charge in [0.25, 0.3) is 0 Å². The number of halogens is 2. The van der Waals surface area contributed by atoms with Crippen molar-refractivity contribution in [3.63, 3.8) is 0 Å². The maximum absolute atomic E-state index is 12.8. The fourth-order valence-electron chi connectivity index (χ4n) is 4.74. The molecule has 0 aliphatic heterocycles. The number of hydrogen-bond acceptors (Lipinski definition) is 8. The van der Waals surface area contributed by atoms with Crippen LogP contribution in [-0.4, -0.2) is 31.5 Å². The Morgan fingerprint density at radius 3 is 1.81 bits per heavy atom. The quantitative estimate of drug-likeness (QED) is 0.215. The number of carbonyl (C=O) groups excluding carboxylic acids is 2. The molecule has 4 heterocycles. The van der Waals surface area contributed by atoms with Crippen LogP contribution in [0.4, 0.5) is 8.78 Å². The Hall–Kier alpha value is -4.12. The van der Waals surface area contributed by atoms with Crippen LogP contribution in [-0.2, 0) is 12.8 Å². The predicted octanol–water partition coefficient (Wildman–Crippen LogP) is 6.46. The van der Waals surface area contributed by atoms with Crippen LogP contribution < -0.4 is 0 Å². The van der Waals surface area contributed by atoms with E-state index in [-0.39, 0.29) is 22.4 Å². The summed E-state index contributed by atoms with van der Waals surface area (Å²) in [7, 11) is 0. The van der Waals surface area contributed by atoms with E-state index in [0.717, 1.165) is 53.3 Å². The molecule has 6 rings (SSSR count). The standard InChI is InChI=1S/2C16H13FN2OS/c1-16(2)7-12-11(13(20)8-16)5-3-10(18-12)4-6-15-19-14(17)9-21-15;1-16(2)8-7-12-11(15(16)20)5-3-10(18-12)4-6-14-19-13(17)9-21-14/h2*3,5,9H,7-8H2,1-2H3. The molecule has 0 N–H and O–H groups in total. The van der Waals surface area contributed by atoms with E-state index >= 15 is 0 Å². The number of rotatable bonds is 0. The molecule has 0 fully saturated rings. The number of aromatic nitrogens is 4. The lowest BCUT2D eigenvalue weighted by atomic mass is 9.75. The minimum absolute atomic E-state index is 0.0679. The Balaban J connectivity index is 0.000000168. The molecule has 0 radical (unpaired) electrons. The molecule has 212 valence electrons. The number of hydrogen-bond donors (Lipinski definition) is 0. The van der Waals surface area contributed by atoms with Crippen LogP contribution in [0.15, 0.2) is 35.0 Å². The van der Waals surface area contributed by atoms with Gasteiger partial charge in [0.2, 0.25) is 11.9 Å². The molecule has 2 aliphatic rings. The largest absolute Gasteiger partial charge is 0.294 e. The summed E-state index contributed by atoms with van der Waals surface area (Å²) >= 11 is 2.31. The van der Waals surface area contributed by atoms with Crippen LogP contribution in [0.1, 0.15) is 94.0 Å². The van der Waals surface area contributed by atoms with E-state index in [2.05, 4.69) is 57.5 Å². The van der Waals surface area contributed by atoms with Gasteiger partial charge in [0.15, 0.2) is 21.6 Å². The van der Waals surface area contributed by atoms with Gasteiger partial charge in [-0.3, -0.25) is 9.59 Å². The Morgan fingerprint density at radius 1 is 0.714 bits per heavy atom. The molecule has 0 saturated carbocycles. The summed E-state index contributed by atoms with van der Waals surface area (Å²) in [5, 5.41) is 3.46. The molecule has 4 aromatic heterocycles. The fourth-order valence-corrected chi connectivity index (χ4v) is 5.76. The number of nitrogens with zero attached hydrogens (tertiary/aromatic N) is 4. The average Bonchev–Trinajstić information content (AvgIpc) is 3.55. The number of aryl methyl sites for hydroxylation is 1. The highest BCUT2D eigenvalue weighted by molar-refractivity contribution is 7.10. The second kappa shape index (κ2) is 11.6. The number of fused-ring (bicyclic) bond motifs is 2. The topological polar surface area (TPSA) is 85.7 Å². The number of ketones is 2. The molecule has 0 atom stereocenters. The van der Waals surface area contributed by atoms with E-state index in [1.807, 2.05) is 13.8 Å². The summed E-state index contributed by atoms with van der Waals surface area (Å²) in [6.45, 7) is 8.05. The predicted molar refractivity (Wildman–Crippen MR) is 157 cm³/mol. The van der Waals surface area contributed by atoms with Crippen LogP contribution in [0.5, 0.6) is 0 Å². The lowest BCUT2D eigenvalue weighted by Gasteiger charge is -2.29. The third kappa shape index (κ3) is 6.84. The van der Waals surface area contributed by atoms with Crippen LogP contribution in [0.25, 0.3) is 0 Å². The van der Waals surface area contributed by atoms with Crippen LogP contribution in [0.2, 0.25) is 0 Å². The highest BCUT2D eigenvalue weighted by atomic mass is 32.1. The number of carbonyl (C=O) groups is 2. The normalized spacial score (nSPS) is 16.0. The molecule has 0 amide bonds. The van der Waals surface area contributed by atoms with E-state index in [4.69, 9.17) is 0 Å². The molecule has 0 aromatic carbocycles. The zero-order chi connectivity index (χ0) is 30.1. The van der Waals surface area contributed by atoms with Crippen molar-refractivity contribution in [1.29, 1.82) is 0 Å². The molecule has 0 spiro atoms. The molecule has 2 aliphatic carbocycles. The number of pyridine rings is 2. The van der Waals surface area contributed by atoms with Gasteiger partial charge < -0.3 is 0 Å². The van der Waals surface area contributed by atoms with Gasteiger partial charge in [-0.25, -0.2) is 9.97 Å². The van der Waals surface area contributed by atoms with Crippen molar-refractivity contribution in [2.45, 2.75) is 53.4 Å². The van der Waals surface area contributed by atoms with Gasteiger partial charge in [-0.2, -0.15) is 18.7 Å². The van der Waals surface area contributed by atoms with Gasteiger partial charge in [-0.15, -0.1) is 22.7 Å². The lowest BCUT2D eigenvalue weighted by Crippen LogP contribution is -2.31. The van der Waals surface area contributed by atoms with Crippen molar-refractivity contribution < 1.29 is 18.4 Å². The molecule has 42 heavy (non-hydrogen) atoms. The average molecular weight is 601 g/mol. The van der Waals surface area contributed by atoms with Crippen molar-refractivity contribution in [3.8, 4) is 23.7 Å². The SMILES string of the molecule is CC1(C)CC(=O)c2ccc(C#Cc3nc(F)cs3)nc2C1.CC1(C)CCc2nc(C#Cc3nc(F)cs3)ccc2C1=O. The Morgan fingerprint density at radius 2 is 1.26 bits per heavy atom. The van der Waals surface area contributed by atoms with Gasteiger partial charge in [0.05, 0.1) is 11.4 Å². The first-order valence-electron chi connectivity index (χ1n) is 13.2. The molecule has 0 saturated heterocycles. The fraction of sp³-hybridized carbons (Fsp3) is 0.312. The van der Waals surface area contributed by atoms with Crippen molar-refractivity contribution >= 4 is 34.2 Å². The smallest absolute Gasteiger partial charge is 0.224 e. The van der Waals surface area contributed by atoms with E-state index in [0.29, 0.717) is 39.0 Å². The lowest BCUT2D eigenvalue weighted by molar-refractivity contribution is 0.0809. The Kier molecular flexibility index (Phi) is 8.14. The van der Waals surface area contributed by atoms with E-state index in [1.165, 1.54) is 10.8 Å². The highest BCUT2D eigenvalue weighted by Crippen LogP contribution is 2.34. The zero-order valence-corrected chi connectivity index (χ0v) is 25.1. The van der Waals surface area contributed by atoms with Gasteiger partial charge in [0, 0.05) is 33.7 Å². The van der Waals surface area contributed by atoms with Gasteiger partial charge in [0.1, 0.15) is 11.4 Å². The first-order chi connectivity index (χ1) is 19.9. The van der Waals surface area contributed by atoms with Crippen molar-refractivity contribution in [3.05, 3.63) is 90.8 Å². The van der Waals surface area contributed by atoms with Gasteiger partial charge >= 0.3 is 0 Å². The molecule has 0 unspecified atom stereocenters. The highest BCUT2D eigenvalue weighted by Gasteiger charge is 2.35. The number of Topliss-reactive ketones (excluding diaryl/α,β-unsaturated/α-hetero) is 2. The van der Waals surface area contributed by atoms with Crippen LogP contribution >= 0.6 is 22.7 Å². The maximum Gasteiger partial charge on any atom is 0.224 e. The second-order valence-corrected chi connectivity index (χ2v) is 13.2. The summed E-state index contributed by atoms with van der Waals surface area (Å²) in [6, 6.07) is 7.03. The summed E-state index contributed by atoms with van der Waals surface area (Å²) in [5.41, 5.74) is 3.76. The summed E-state index contributed by atoms with van der Waals surface area (Å²) in [6.07, 6.45) is 2.87. The molecule has 0 bridgehead atoms. The molecule has 10 heteroatoms. The van der Waals surface area contributed by atoms with Crippen molar-refractivity contribution in [2.24, 2.45) is 10.8 Å². The third-order valence-corrected chi connectivity index (χ3v) is 8.39. The third-order valence-electron chi connectivity index (χ3n) is 6.93. The molecular weight excluding hydrogens is 575 g/mol. The molecular formula is C32H26F2N4O2S2. The van der Waals surface area contributed by atoms with E-state index < -0.39 is 11.9 Å². The monoisotopic (exact) mass is 600 g/mol. The van der Waals surface area contributed by atoms with Crippen molar-refractivity contribution in [2.75, 3.05) is 0 Å². The molecule has 6 nitrogen and oxygen atoms in total. The number of thiazole rings is 2. The van der Waals surface area contributed by atoms with E-state index in [9.17, 15) is 18.4 Å². The Labute approximate surface area is 250 Å². The van der Waals surface area contributed by atoms with Crippen LogP contribution in [0.3, 0.4) is 0 Å².